The Labute approximate surface area is 220 Å². The zero-order valence-corrected chi connectivity index (χ0v) is 21.7. The van der Waals surface area contributed by atoms with Crippen molar-refractivity contribution in [1.82, 2.24) is 34.3 Å². The lowest BCUT2D eigenvalue weighted by Gasteiger charge is -2.25. The fraction of sp³-hybridized carbons (Fsp3) is 0.440. The summed E-state index contributed by atoms with van der Waals surface area (Å²) in [6.07, 6.45) is 12.0. The molecule has 0 spiro atoms. The Morgan fingerprint density at radius 1 is 1.27 bits per heavy atom. The van der Waals surface area contributed by atoms with Crippen LogP contribution in [0.4, 0.5) is 11.5 Å². The van der Waals surface area contributed by atoms with Crippen LogP contribution in [-0.4, -0.2) is 67.0 Å². The fourth-order valence-electron chi connectivity index (χ4n) is 4.35. The molecule has 0 radical (unpaired) electrons. The minimum absolute atomic E-state index is 0. The van der Waals surface area contributed by atoms with E-state index in [4.69, 9.17) is 4.74 Å². The number of likely N-dealkylation sites (N-methyl/N-ethyl adjacent to an activating group) is 1. The van der Waals surface area contributed by atoms with Gasteiger partial charge in [0, 0.05) is 45.2 Å². The Morgan fingerprint density at radius 2 is 2.14 bits per heavy atom. The van der Waals surface area contributed by atoms with Crippen LogP contribution in [0.15, 0.2) is 36.5 Å². The lowest BCUT2D eigenvalue weighted by Crippen LogP contribution is -2.28. The number of methoxy groups -OCH3 is 1. The summed E-state index contributed by atoms with van der Waals surface area (Å²) in [5, 5.41) is 13.7. The van der Waals surface area contributed by atoms with Gasteiger partial charge in [0.1, 0.15) is 17.8 Å². The summed E-state index contributed by atoms with van der Waals surface area (Å²) in [5.74, 6) is 1.42. The minimum Gasteiger partial charge on any atom is -0.383 e. The molecule has 2 fully saturated rings. The van der Waals surface area contributed by atoms with Gasteiger partial charge in [0.2, 0.25) is 0 Å². The van der Waals surface area contributed by atoms with Gasteiger partial charge in [0.25, 0.3) is 5.91 Å². The highest BCUT2D eigenvalue weighted by Gasteiger charge is 2.28. The molecule has 4 aromatic heterocycles. The van der Waals surface area contributed by atoms with Crippen LogP contribution in [-0.2, 0) is 4.74 Å². The van der Waals surface area contributed by atoms with E-state index in [0.29, 0.717) is 36.6 Å². The molecule has 4 aromatic rings. The van der Waals surface area contributed by atoms with Crippen LogP contribution in [0, 0.1) is 0 Å². The van der Waals surface area contributed by atoms with Gasteiger partial charge in [0.05, 0.1) is 36.2 Å². The van der Waals surface area contributed by atoms with Crippen LogP contribution < -0.4 is 10.2 Å². The quantitative estimate of drug-likeness (QED) is 0.313. The number of hydrogen-bond acceptors (Lipinski definition) is 9. The zero-order chi connectivity index (χ0) is 25.4. The molecular weight excluding hydrogens is 490 g/mol. The highest BCUT2D eigenvalue weighted by atomic mass is 32.1. The SMILES string of the molecule is CCN(CCOC)c1cnc(C(=O)Nc2csc(-c3nncn3C3CC3)n2)cc1-n1cnc(C2CC2)c1.[HH]. The smallest absolute Gasteiger partial charge is 0.275 e. The van der Waals surface area contributed by atoms with Crippen molar-refractivity contribution in [2.45, 2.75) is 44.6 Å². The number of rotatable bonds is 11. The van der Waals surface area contributed by atoms with Crippen molar-refractivity contribution >= 4 is 28.7 Å². The van der Waals surface area contributed by atoms with Crippen LogP contribution in [0.2, 0.25) is 0 Å². The maximum Gasteiger partial charge on any atom is 0.275 e. The first kappa shape index (κ1) is 23.7. The van der Waals surface area contributed by atoms with E-state index in [2.05, 4.69) is 53.1 Å². The van der Waals surface area contributed by atoms with Crippen molar-refractivity contribution in [3.05, 3.63) is 47.9 Å². The lowest BCUT2D eigenvalue weighted by molar-refractivity contribution is 0.102. The molecule has 2 aliphatic carbocycles. The zero-order valence-electron chi connectivity index (χ0n) is 20.9. The summed E-state index contributed by atoms with van der Waals surface area (Å²) < 4.78 is 9.35. The average Bonchev–Trinajstić information content (AvgIpc) is 3.79. The van der Waals surface area contributed by atoms with Gasteiger partial charge in [-0.2, -0.15) is 0 Å². The number of thiazole rings is 1. The fourth-order valence-corrected chi connectivity index (χ4v) is 5.09. The maximum absolute atomic E-state index is 13.2. The number of amides is 1. The van der Waals surface area contributed by atoms with Crippen molar-refractivity contribution in [1.29, 1.82) is 0 Å². The third-order valence-corrected chi connectivity index (χ3v) is 7.55. The van der Waals surface area contributed by atoms with Gasteiger partial charge in [0.15, 0.2) is 10.8 Å². The van der Waals surface area contributed by atoms with Gasteiger partial charge in [-0.25, -0.2) is 15.0 Å². The monoisotopic (exact) mass is 521 g/mol. The molecule has 0 saturated heterocycles. The molecule has 11 nitrogen and oxygen atoms in total. The second kappa shape index (κ2) is 10.0. The van der Waals surface area contributed by atoms with Crippen molar-refractivity contribution in [3.8, 4) is 16.5 Å². The Kier molecular flexibility index (Phi) is 6.43. The predicted molar refractivity (Wildman–Crippen MR) is 143 cm³/mol. The van der Waals surface area contributed by atoms with Crippen molar-refractivity contribution < 1.29 is 11.0 Å². The van der Waals surface area contributed by atoms with Gasteiger partial charge in [-0.3, -0.25) is 4.79 Å². The molecule has 37 heavy (non-hydrogen) atoms. The van der Waals surface area contributed by atoms with Crippen molar-refractivity contribution in [2.75, 3.05) is 37.0 Å². The van der Waals surface area contributed by atoms with Crippen LogP contribution in [0.3, 0.4) is 0 Å². The number of ether oxygens (including phenoxy) is 1. The summed E-state index contributed by atoms with van der Waals surface area (Å²) >= 11 is 1.43. The summed E-state index contributed by atoms with van der Waals surface area (Å²) in [4.78, 5) is 29.1. The number of pyridine rings is 1. The number of nitrogens with one attached hydrogen (secondary N) is 1. The largest absolute Gasteiger partial charge is 0.383 e. The summed E-state index contributed by atoms with van der Waals surface area (Å²) in [6, 6.07) is 2.26. The Morgan fingerprint density at radius 3 is 2.89 bits per heavy atom. The Balaban J connectivity index is 0.00000294. The van der Waals surface area contributed by atoms with E-state index in [-0.39, 0.29) is 7.33 Å². The second-order valence-corrected chi connectivity index (χ2v) is 10.3. The number of carbonyl (C=O) groups is 1. The lowest BCUT2D eigenvalue weighted by atomic mass is 10.2. The molecule has 194 valence electrons. The van der Waals surface area contributed by atoms with E-state index in [1.165, 1.54) is 24.2 Å². The standard InChI is InChI=1S/C25H29N9O2S.H2/c1-3-32(8-9-36-2)21-11-26-18(10-20(21)33-12-19(27-14-33)16-4-5-16)24(35)29-22-13-37-25(30-22)23-31-28-15-34(23)17-6-7-17;/h10-17H,3-9H2,1-2H3,(H,29,35);1H. The number of nitrogens with zero attached hydrogens (tertiary/aromatic N) is 8. The third kappa shape index (κ3) is 4.98. The van der Waals surface area contributed by atoms with Gasteiger partial charge >= 0.3 is 0 Å². The number of anilines is 2. The van der Waals surface area contributed by atoms with Crippen LogP contribution in [0.25, 0.3) is 16.5 Å². The summed E-state index contributed by atoms with van der Waals surface area (Å²) in [6.45, 7) is 4.17. The molecule has 0 atom stereocenters. The minimum atomic E-state index is -0.323. The molecule has 0 unspecified atom stereocenters. The van der Waals surface area contributed by atoms with E-state index in [1.54, 1.807) is 19.6 Å². The highest BCUT2D eigenvalue weighted by Crippen LogP contribution is 2.40. The van der Waals surface area contributed by atoms with Crippen LogP contribution >= 0.6 is 11.3 Å². The van der Waals surface area contributed by atoms with E-state index in [1.807, 2.05) is 22.3 Å². The second-order valence-electron chi connectivity index (χ2n) is 9.40. The van der Waals surface area contributed by atoms with Gasteiger partial charge in [-0.15, -0.1) is 21.5 Å². The topological polar surface area (TPSA) is 116 Å². The van der Waals surface area contributed by atoms with Gasteiger partial charge < -0.3 is 24.1 Å². The van der Waals surface area contributed by atoms with Crippen LogP contribution in [0.1, 0.15) is 62.2 Å². The first-order chi connectivity index (χ1) is 18.1. The normalized spacial score (nSPS) is 15.2. The van der Waals surface area contributed by atoms with E-state index in [9.17, 15) is 4.79 Å². The molecule has 1 amide bonds. The molecule has 0 aromatic carbocycles. The third-order valence-electron chi connectivity index (χ3n) is 6.71. The maximum atomic E-state index is 13.2. The van der Waals surface area contributed by atoms with Crippen LogP contribution in [0.5, 0.6) is 0 Å². The predicted octanol–water partition coefficient (Wildman–Crippen LogP) is 4.17. The average molecular weight is 522 g/mol. The van der Waals surface area contributed by atoms with Gasteiger partial charge in [-0.1, -0.05) is 0 Å². The summed E-state index contributed by atoms with van der Waals surface area (Å²) in [5.41, 5.74) is 3.17. The Bertz CT molecular complexity index is 1410. The molecule has 12 heteroatoms. The van der Waals surface area contributed by atoms with E-state index < -0.39 is 0 Å². The number of carbonyl (C=O) groups excluding carboxylic acids is 1. The van der Waals surface area contributed by atoms with Gasteiger partial charge in [-0.05, 0) is 38.7 Å². The molecule has 6 rings (SSSR count). The molecule has 4 heterocycles. The Hall–Kier alpha value is -3.64. The van der Waals surface area contributed by atoms with Crippen molar-refractivity contribution in [3.63, 3.8) is 0 Å². The molecule has 1 N–H and O–H groups in total. The van der Waals surface area contributed by atoms with E-state index >= 15 is 0 Å². The number of hydrogen-bond donors (Lipinski definition) is 1. The molecular formula is C25H31N9O2S. The molecule has 2 saturated carbocycles. The van der Waals surface area contributed by atoms with Crippen molar-refractivity contribution in [2.24, 2.45) is 0 Å². The number of imidazole rings is 1. The number of aromatic nitrogens is 7. The molecule has 0 bridgehead atoms. The van der Waals surface area contributed by atoms with E-state index in [0.717, 1.165) is 47.3 Å². The highest BCUT2D eigenvalue weighted by molar-refractivity contribution is 7.13. The molecule has 2 aliphatic rings. The summed E-state index contributed by atoms with van der Waals surface area (Å²) in [7, 11) is 1.69. The first-order valence-corrected chi connectivity index (χ1v) is 13.5. The molecule has 0 aliphatic heterocycles. The first-order valence-electron chi connectivity index (χ1n) is 12.6.